The summed E-state index contributed by atoms with van der Waals surface area (Å²) in [5, 5.41) is 6.48. The number of nitrogens with zero attached hydrogens (tertiary/aromatic N) is 3. The van der Waals surface area contributed by atoms with Crippen molar-refractivity contribution in [2.24, 2.45) is 0 Å². The van der Waals surface area contributed by atoms with Crippen molar-refractivity contribution in [3.8, 4) is 0 Å². The first kappa shape index (κ1) is 18.4. The van der Waals surface area contributed by atoms with Crippen molar-refractivity contribution in [3.63, 3.8) is 0 Å². The van der Waals surface area contributed by atoms with E-state index in [4.69, 9.17) is 4.98 Å². The molecular weight excluding hydrogens is 308 g/mol. The van der Waals surface area contributed by atoms with Crippen molar-refractivity contribution >= 4 is 17.2 Å². The monoisotopic (exact) mass is 338 g/mol. The van der Waals surface area contributed by atoms with Gasteiger partial charge in [-0.05, 0) is 26.2 Å². The van der Waals surface area contributed by atoms with Gasteiger partial charge in [-0.15, -0.1) is 11.3 Å². The van der Waals surface area contributed by atoms with Crippen molar-refractivity contribution in [2.75, 3.05) is 32.7 Å². The van der Waals surface area contributed by atoms with Crippen LogP contribution in [0.1, 0.15) is 44.3 Å². The summed E-state index contributed by atoms with van der Waals surface area (Å²) in [6.45, 7) is 11.7. The average Bonchev–Trinajstić information content (AvgIpc) is 2.96. The van der Waals surface area contributed by atoms with Crippen LogP contribution in [0.15, 0.2) is 5.38 Å². The van der Waals surface area contributed by atoms with Crippen LogP contribution in [0.25, 0.3) is 0 Å². The van der Waals surface area contributed by atoms with E-state index in [2.05, 4.69) is 41.3 Å². The summed E-state index contributed by atoms with van der Waals surface area (Å²) < 4.78 is 0. The number of aromatic nitrogens is 1. The molecule has 1 atom stereocenters. The molecule has 23 heavy (non-hydrogen) atoms. The molecule has 1 aliphatic rings. The number of amides is 1. The van der Waals surface area contributed by atoms with Crippen molar-refractivity contribution in [2.45, 2.75) is 52.6 Å². The van der Waals surface area contributed by atoms with E-state index in [9.17, 15) is 4.79 Å². The molecule has 1 unspecified atom stereocenters. The highest BCUT2D eigenvalue weighted by Gasteiger charge is 2.20. The Kier molecular flexibility index (Phi) is 7.46. The van der Waals surface area contributed by atoms with Gasteiger partial charge in [0.1, 0.15) is 0 Å². The third-order valence-electron chi connectivity index (χ3n) is 4.30. The van der Waals surface area contributed by atoms with Crippen molar-refractivity contribution in [1.29, 1.82) is 0 Å². The number of hydrogen-bond acceptors (Lipinski definition) is 5. The van der Waals surface area contributed by atoms with Crippen molar-refractivity contribution in [1.82, 2.24) is 20.1 Å². The Bertz CT molecular complexity index is 483. The van der Waals surface area contributed by atoms with Gasteiger partial charge >= 0.3 is 0 Å². The Labute approximate surface area is 144 Å². The Balaban J connectivity index is 1.70. The molecule has 1 fully saturated rings. The number of rotatable bonds is 8. The van der Waals surface area contributed by atoms with Crippen LogP contribution in [-0.2, 0) is 17.8 Å². The van der Waals surface area contributed by atoms with Crippen LogP contribution in [0.4, 0.5) is 0 Å². The van der Waals surface area contributed by atoms with E-state index in [0.717, 1.165) is 52.0 Å². The molecule has 5 nitrogen and oxygen atoms in total. The normalized spacial score (nSPS) is 18.0. The van der Waals surface area contributed by atoms with Crippen molar-refractivity contribution < 1.29 is 4.79 Å². The summed E-state index contributed by atoms with van der Waals surface area (Å²) in [6, 6.07) is 0.269. The Morgan fingerprint density at radius 3 is 2.65 bits per heavy atom. The Morgan fingerprint density at radius 2 is 2.00 bits per heavy atom. The fourth-order valence-corrected chi connectivity index (χ4v) is 3.60. The Morgan fingerprint density at radius 1 is 1.30 bits per heavy atom. The molecule has 1 amide bonds. The van der Waals surface area contributed by atoms with E-state index < -0.39 is 0 Å². The maximum absolute atomic E-state index is 11.9. The first-order valence-electron chi connectivity index (χ1n) is 8.78. The molecule has 130 valence electrons. The number of hydrogen-bond donors (Lipinski definition) is 1. The zero-order chi connectivity index (χ0) is 16.7. The van der Waals surface area contributed by atoms with Gasteiger partial charge in [0.2, 0.25) is 5.91 Å². The topological polar surface area (TPSA) is 48.5 Å². The second-order valence-electron chi connectivity index (χ2n) is 6.41. The molecule has 0 aliphatic carbocycles. The highest BCUT2D eigenvalue weighted by Crippen LogP contribution is 2.14. The number of carbonyl (C=O) groups is 1. The summed E-state index contributed by atoms with van der Waals surface area (Å²) in [5.41, 5.74) is 1.20. The predicted molar refractivity (Wildman–Crippen MR) is 95.7 cm³/mol. The highest BCUT2D eigenvalue weighted by atomic mass is 32.1. The standard InChI is InChI=1S/C17H30N4OS/c1-4-6-17-19-15(13-23-17)11-20-7-9-21(10-8-20)12-16(22)18-14(3)5-2/h13-14H,4-12H2,1-3H3,(H,18,22). The molecule has 0 aromatic carbocycles. The third kappa shape index (κ3) is 6.20. The Hall–Kier alpha value is -0.980. The second-order valence-corrected chi connectivity index (χ2v) is 7.35. The molecule has 1 aromatic heterocycles. The zero-order valence-electron chi connectivity index (χ0n) is 14.7. The first-order chi connectivity index (χ1) is 11.1. The van der Waals surface area contributed by atoms with Gasteiger partial charge in [0, 0.05) is 44.1 Å². The first-order valence-corrected chi connectivity index (χ1v) is 9.66. The van der Waals surface area contributed by atoms with Gasteiger partial charge in [0.25, 0.3) is 0 Å². The molecule has 1 aliphatic heterocycles. The van der Waals surface area contributed by atoms with Gasteiger partial charge in [0.15, 0.2) is 0 Å². The van der Waals surface area contributed by atoms with E-state index in [0.29, 0.717) is 6.54 Å². The van der Waals surface area contributed by atoms with E-state index in [1.807, 2.05) is 0 Å². The number of piperazine rings is 1. The lowest BCUT2D eigenvalue weighted by Gasteiger charge is -2.34. The van der Waals surface area contributed by atoms with Crippen LogP contribution in [0.2, 0.25) is 0 Å². The molecular formula is C17H30N4OS. The number of carbonyl (C=O) groups excluding carboxylic acids is 1. The van der Waals surface area contributed by atoms with Gasteiger partial charge in [-0.3, -0.25) is 14.6 Å². The molecule has 0 saturated carbocycles. The fraction of sp³-hybridized carbons (Fsp3) is 0.765. The molecule has 2 heterocycles. The van der Waals surface area contributed by atoms with Gasteiger partial charge < -0.3 is 5.32 Å². The lowest BCUT2D eigenvalue weighted by atomic mass is 10.2. The maximum Gasteiger partial charge on any atom is 0.234 e. The third-order valence-corrected chi connectivity index (χ3v) is 5.26. The quantitative estimate of drug-likeness (QED) is 0.789. The van der Waals surface area contributed by atoms with Crippen molar-refractivity contribution in [3.05, 3.63) is 16.1 Å². The van der Waals surface area contributed by atoms with Crippen LogP contribution >= 0.6 is 11.3 Å². The summed E-state index contributed by atoms with van der Waals surface area (Å²) in [7, 11) is 0. The molecule has 1 aromatic rings. The molecule has 1 N–H and O–H groups in total. The molecule has 0 radical (unpaired) electrons. The SMILES string of the molecule is CCCc1nc(CN2CCN(CC(=O)NC(C)CC)CC2)cs1. The molecule has 0 bridgehead atoms. The van der Waals surface area contributed by atoms with E-state index in [1.54, 1.807) is 11.3 Å². The minimum absolute atomic E-state index is 0.150. The van der Waals surface area contributed by atoms with Crippen LogP contribution in [0.5, 0.6) is 0 Å². The number of aryl methyl sites for hydroxylation is 1. The van der Waals surface area contributed by atoms with E-state index in [1.165, 1.54) is 10.7 Å². The largest absolute Gasteiger partial charge is 0.353 e. The van der Waals surface area contributed by atoms with Gasteiger partial charge in [-0.2, -0.15) is 0 Å². The number of thiazole rings is 1. The summed E-state index contributed by atoms with van der Waals surface area (Å²) in [6.07, 6.45) is 3.22. The van der Waals surface area contributed by atoms with Crippen LogP contribution in [0, 0.1) is 0 Å². The smallest absolute Gasteiger partial charge is 0.234 e. The maximum atomic E-state index is 11.9. The second kappa shape index (κ2) is 9.35. The lowest BCUT2D eigenvalue weighted by Crippen LogP contribution is -2.49. The predicted octanol–water partition coefficient (Wildman–Crippen LogP) is 2.13. The minimum Gasteiger partial charge on any atom is -0.353 e. The van der Waals surface area contributed by atoms with E-state index >= 15 is 0 Å². The molecule has 2 rings (SSSR count). The molecule has 0 spiro atoms. The summed E-state index contributed by atoms with van der Waals surface area (Å²) in [4.78, 5) is 21.3. The molecule has 6 heteroatoms. The number of nitrogens with one attached hydrogen (secondary N) is 1. The van der Waals surface area contributed by atoms with Crippen LogP contribution in [-0.4, -0.2) is 59.5 Å². The van der Waals surface area contributed by atoms with Crippen LogP contribution < -0.4 is 5.32 Å². The minimum atomic E-state index is 0.150. The molecule has 1 saturated heterocycles. The lowest BCUT2D eigenvalue weighted by molar-refractivity contribution is -0.123. The van der Waals surface area contributed by atoms with Gasteiger partial charge in [0.05, 0.1) is 17.2 Å². The summed E-state index contributed by atoms with van der Waals surface area (Å²) in [5.74, 6) is 0.150. The fourth-order valence-electron chi connectivity index (χ4n) is 2.71. The average molecular weight is 339 g/mol. The van der Waals surface area contributed by atoms with Gasteiger partial charge in [-0.25, -0.2) is 4.98 Å². The van der Waals surface area contributed by atoms with E-state index in [-0.39, 0.29) is 11.9 Å². The zero-order valence-corrected chi connectivity index (χ0v) is 15.5. The highest BCUT2D eigenvalue weighted by molar-refractivity contribution is 7.09. The van der Waals surface area contributed by atoms with Crippen LogP contribution in [0.3, 0.4) is 0 Å². The van der Waals surface area contributed by atoms with Gasteiger partial charge in [-0.1, -0.05) is 13.8 Å². The summed E-state index contributed by atoms with van der Waals surface area (Å²) >= 11 is 1.78.